The molecule has 4 heteroatoms. The number of anilines is 1. The lowest BCUT2D eigenvalue weighted by molar-refractivity contribution is -0.115. The minimum atomic E-state index is -0.0485. The van der Waals surface area contributed by atoms with Crippen LogP contribution >= 0.6 is 11.3 Å². The van der Waals surface area contributed by atoms with Crippen molar-refractivity contribution in [2.45, 2.75) is 13.3 Å². The maximum absolute atomic E-state index is 12.3. The third-order valence-electron chi connectivity index (χ3n) is 4.30. The molecule has 3 nitrogen and oxygen atoms in total. The third-order valence-corrected chi connectivity index (χ3v) is 5.06. The smallest absolute Gasteiger partial charge is 0.230 e. The monoisotopic (exact) mass is 358 g/mol. The van der Waals surface area contributed by atoms with E-state index in [-0.39, 0.29) is 5.91 Å². The van der Waals surface area contributed by atoms with Crippen LogP contribution in [-0.4, -0.2) is 10.9 Å². The molecule has 4 rings (SSSR count). The van der Waals surface area contributed by atoms with Gasteiger partial charge in [-0.1, -0.05) is 72.3 Å². The Kier molecular flexibility index (Phi) is 4.50. The van der Waals surface area contributed by atoms with E-state index in [9.17, 15) is 4.79 Å². The number of benzene rings is 3. The number of hydrogen-bond acceptors (Lipinski definition) is 3. The lowest BCUT2D eigenvalue weighted by Gasteiger charge is -2.04. The highest BCUT2D eigenvalue weighted by molar-refractivity contribution is 7.14. The van der Waals surface area contributed by atoms with E-state index in [0.717, 1.165) is 22.2 Å². The van der Waals surface area contributed by atoms with Crippen molar-refractivity contribution < 1.29 is 4.79 Å². The number of carbonyl (C=O) groups excluding carboxylic acids is 1. The Balaban J connectivity index is 1.52. The third kappa shape index (κ3) is 3.51. The molecule has 0 aliphatic heterocycles. The van der Waals surface area contributed by atoms with Crippen LogP contribution in [0.2, 0.25) is 0 Å². The molecule has 4 aromatic rings. The molecule has 0 bridgehead atoms. The van der Waals surface area contributed by atoms with Crippen LogP contribution in [0, 0.1) is 6.92 Å². The minimum Gasteiger partial charge on any atom is -0.302 e. The second kappa shape index (κ2) is 7.10. The van der Waals surface area contributed by atoms with Crippen molar-refractivity contribution in [2.75, 3.05) is 5.32 Å². The number of nitrogens with one attached hydrogen (secondary N) is 1. The summed E-state index contributed by atoms with van der Waals surface area (Å²) in [5.74, 6) is -0.0485. The fraction of sp³-hybridized carbons (Fsp3) is 0.0909. The molecule has 0 fully saturated rings. The molecule has 0 saturated carbocycles. The molecule has 128 valence electrons. The van der Waals surface area contributed by atoms with Gasteiger partial charge in [0, 0.05) is 10.9 Å². The Hall–Kier alpha value is -2.98. The number of carbonyl (C=O) groups is 1. The van der Waals surface area contributed by atoms with E-state index in [1.807, 2.05) is 54.8 Å². The number of thiazole rings is 1. The van der Waals surface area contributed by atoms with Gasteiger partial charge in [0.15, 0.2) is 5.13 Å². The Morgan fingerprint density at radius 2 is 1.77 bits per heavy atom. The van der Waals surface area contributed by atoms with Gasteiger partial charge in [-0.25, -0.2) is 4.98 Å². The average Bonchev–Trinajstić information content (AvgIpc) is 3.11. The largest absolute Gasteiger partial charge is 0.302 e. The van der Waals surface area contributed by atoms with E-state index < -0.39 is 0 Å². The predicted molar refractivity (Wildman–Crippen MR) is 109 cm³/mol. The first kappa shape index (κ1) is 16.5. The van der Waals surface area contributed by atoms with Crippen molar-refractivity contribution in [3.8, 4) is 11.3 Å². The Morgan fingerprint density at radius 1 is 1.00 bits per heavy atom. The van der Waals surface area contributed by atoms with E-state index in [4.69, 9.17) is 0 Å². The average molecular weight is 358 g/mol. The number of rotatable bonds is 4. The lowest BCUT2D eigenvalue weighted by atomic mass is 10.0. The van der Waals surface area contributed by atoms with Gasteiger partial charge >= 0.3 is 0 Å². The normalized spacial score (nSPS) is 10.8. The Bertz CT molecular complexity index is 1060. The van der Waals surface area contributed by atoms with Gasteiger partial charge < -0.3 is 5.32 Å². The molecule has 1 amide bonds. The highest BCUT2D eigenvalue weighted by Gasteiger charge is 2.10. The molecule has 0 spiro atoms. The lowest BCUT2D eigenvalue weighted by Crippen LogP contribution is -2.14. The number of amides is 1. The van der Waals surface area contributed by atoms with E-state index in [1.54, 1.807) is 0 Å². The van der Waals surface area contributed by atoms with Crippen LogP contribution in [0.4, 0.5) is 5.13 Å². The first-order valence-electron chi connectivity index (χ1n) is 8.48. The molecule has 1 aromatic heterocycles. The van der Waals surface area contributed by atoms with Gasteiger partial charge in [0.1, 0.15) is 0 Å². The zero-order valence-electron chi connectivity index (χ0n) is 14.4. The summed E-state index contributed by atoms with van der Waals surface area (Å²) in [5, 5.41) is 7.88. The van der Waals surface area contributed by atoms with Crippen molar-refractivity contribution in [3.05, 3.63) is 83.2 Å². The molecular formula is C22H18N2OS. The fourth-order valence-corrected chi connectivity index (χ4v) is 3.69. The van der Waals surface area contributed by atoms with Crippen LogP contribution in [-0.2, 0) is 11.2 Å². The first-order valence-corrected chi connectivity index (χ1v) is 9.36. The van der Waals surface area contributed by atoms with Crippen molar-refractivity contribution in [3.63, 3.8) is 0 Å². The van der Waals surface area contributed by atoms with Crippen LogP contribution in [0.1, 0.15) is 11.1 Å². The van der Waals surface area contributed by atoms with Crippen LogP contribution < -0.4 is 5.32 Å². The van der Waals surface area contributed by atoms with Crippen LogP contribution in [0.5, 0.6) is 0 Å². The summed E-state index contributed by atoms with van der Waals surface area (Å²) in [5.41, 5.74) is 4.16. The summed E-state index contributed by atoms with van der Waals surface area (Å²) in [7, 11) is 0. The molecule has 1 heterocycles. The Labute approximate surface area is 156 Å². The van der Waals surface area contributed by atoms with Gasteiger partial charge in [-0.15, -0.1) is 11.3 Å². The van der Waals surface area contributed by atoms with E-state index in [1.165, 1.54) is 22.3 Å². The Morgan fingerprint density at radius 3 is 2.62 bits per heavy atom. The van der Waals surface area contributed by atoms with Gasteiger partial charge in [-0.2, -0.15) is 0 Å². The summed E-state index contributed by atoms with van der Waals surface area (Å²) < 4.78 is 0. The molecule has 0 unspecified atom stereocenters. The van der Waals surface area contributed by atoms with Gasteiger partial charge in [-0.3, -0.25) is 4.79 Å². The molecule has 0 saturated heterocycles. The second-order valence-corrected chi connectivity index (χ2v) is 7.13. The molecule has 0 atom stereocenters. The highest BCUT2D eigenvalue weighted by atomic mass is 32.1. The predicted octanol–water partition coefficient (Wildman–Crippen LogP) is 5.45. The summed E-state index contributed by atoms with van der Waals surface area (Å²) >= 11 is 1.45. The van der Waals surface area contributed by atoms with Crippen molar-refractivity contribution in [1.82, 2.24) is 4.98 Å². The van der Waals surface area contributed by atoms with Gasteiger partial charge in [0.05, 0.1) is 12.1 Å². The maximum Gasteiger partial charge on any atom is 0.230 e. The van der Waals surface area contributed by atoms with E-state index >= 15 is 0 Å². The van der Waals surface area contributed by atoms with Crippen molar-refractivity contribution >= 4 is 33.1 Å². The topological polar surface area (TPSA) is 42.0 Å². The number of hydrogen-bond donors (Lipinski definition) is 1. The van der Waals surface area contributed by atoms with E-state index in [0.29, 0.717) is 11.6 Å². The minimum absolute atomic E-state index is 0.0485. The number of nitrogens with zero attached hydrogens (tertiary/aromatic N) is 1. The maximum atomic E-state index is 12.3. The zero-order valence-corrected chi connectivity index (χ0v) is 15.2. The van der Waals surface area contributed by atoms with Crippen molar-refractivity contribution in [2.24, 2.45) is 0 Å². The van der Waals surface area contributed by atoms with Crippen LogP contribution in [0.25, 0.3) is 22.0 Å². The molecule has 1 N–H and O–H groups in total. The first-order chi connectivity index (χ1) is 12.7. The van der Waals surface area contributed by atoms with Crippen molar-refractivity contribution in [1.29, 1.82) is 0 Å². The number of fused-ring (bicyclic) bond motifs is 1. The molecule has 0 aliphatic rings. The fourth-order valence-electron chi connectivity index (χ4n) is 2.96. The summed E-state index contributed by atoms with van der Waals surface area (Å²) in [6.07, 6.45) is 0.351. The SMILES string of the molecule is Cc1ccc(CC(=O)Nc2nc(-c3cccc4ccccc34)cs2)cc1. The van der Waals surface area contributed by atoms with Gasteiger partial charge in [0.2, 0.25) is 5.91 Å². The standard InChI is InChI=1S/C22H18N2OS/c1-15-9-11-16(12-10-15)13-21(25)24-22-23-20(14-26-22)19-8-4-6-17-5-2-3-7-18(17)19/h2-12,14H,13H2,1H3,(H,23,24,25). The quantitative estimate of drug-likeness (QED) is 0.527. The summed E-state index contributed by atoms with van der Waals surface area (Å²) in [6, 6.07) is 22.4. The highest BCUT2D eigenvalue weighted by Crippen LogP contribution is 2.30. The van der Waals surface area contributed by atoms with Gasteiger partial charge in [-0.05, 0) is 23.3 Å². The van der Waals surface area contributed by atoms with Gasteiger partial charge in [0.25, 0.3) is 0 Å². The summed E-state index contributed by atoms with van der Waals surface area (Å²) in [6.45, 7) is 2.04. The second-order valence-electron chi connectivity index (χ2n) is 6.28. The van der Waals surface area contributed by atoms with E-state index in [2.05, 4.69) is 34.6 Å². The van der Waals surface area contributed by atoms with Crippen LogP contribution in [0.3, 0.4) is 0 Å². The number of aryl methyl sites for hydroxylation is 1. The number of aromatic nitrogens is 1. The molecule has 0 aliphatic carbocycles. The molecule has 3 aromatic carbocycles. The molecular weight excluding hydrogens is 340 g/mol. The summed E-state index contributed by atoms with van der Waals surface area (Å²) in [4.78, 5) is 16.9. The molecule has 0 radical (unpaired) electrons. The zero-order chi connectivity index (χ0) is 17.9. The van der Waals surface area contributed by atoms with Crippen LogP contribution in [0.15, 0.2) is 72.1 Å². The molecule has 26 heavy (non-hydrogen) atoms.